The SMILES string of the molecule is CCC1(CC)CN(C(C)Cc2ccccc2)C(C)CN1. The van der Waals surface area contributed by atoms with E-state index in [1.165, 1.54) is 24.9 Å². The first-order chi connectivity index (χ1) is 9.60. The van der Waals surface area contributed by atoms with Gasteiger partial charge in [0.2, 0.25) is 0 Å². The highest BCUT2D eigenvalue weighted by Gasteiger charge is 2.36. The molecular formula is C18H30N2. The molecule has 2 rings (SSSR count). The predicted molar refractivity (Wildman–Crippen MR) is 87.1 cm³/mol. The molecule has 20 heavy (non-hydrogen) atoms. The van der Waals surface area contributed by atoms with Crippen LogP contribution in [0.2, 0.25) is 0 Å². The molecule has 0 aromatic heterocycles. The Balaban J connectivity index is 2.05. The fourth-order valence-electron chi connectivity index (χ4n) is 3.43. The lowest BCUT2D eigenvalue weighted by Crippen LogP contribution is -2.65. The van der Waals surface area contributed by atoms with E-state index in [4.69, 9.17) is 0 Å². The van der Waals surface area contributed by atoms with Crippen LogP contribution in [0.15, 0.2) is 30.3 Å². The average molecular weight is 274 g/mol. The summed E-state index contributed by atoms with van der Waals surface area (Å²) >= 11 is 0. The van der Waals surface area contributed by atoms with Gasteiger partial charge in [0.25, 0.3) is 0 Å². The first-order valence-electron chi connectivity index (χ1n) is 8.15. The largest absolute Gasteiger partial charge is 0.308 e. The topological polar surface area (TPSA) is 15.3 Å². The summed E-state index contributed by atoms with van der Waals surface area (Å²) in [5, 5.41) is 3.79. The maximum atomic E-state index is 3.79. The van der Waals surface area contributed by atoms with Crippen molar-refractivity contribution < 1.29 is 0 Å². The third-order valence-corrected chi connectivity index (χ3v) is 5.12. The Hall–Kier alpha value is -0.860. The second-order valence-electron chi connectivity index (χ2n) is 6.43. The van der Waals surface area contributed by atoms with Gasteiger partial charge in [-0.1, -0.05) is 44.2 Å². The number of piperazine rings is 1. The molecule has 2 nitrogen and oxygen atoms in total. The van der Waals surface area contributed by atoms with Crippen LogP contribution in [-0.4, -0.2) is 35.6 Å². The van der Waals surface area contributed by atoms with Crippen LogP contribution >= 0.6 is 0 Å². The van der Waals surface area contributed by atoms with Gasteiger partial charge in [0.05, 0.1) is 0 Å². The minimum absolute atomic E-state index is 0.317. The first-order valence-corrected chi connectivity index (χ1v) is 8.15. The molecule has 0 aliphatic carbocycles. The van der Waals surface area contributed by atoms with E-state index < -0.39 is 0 Å². The molecule has 0 saturated carbocycles. The van der Waals surface area contributed by atoms with E-state index in [0.29, 0.717) is 17.6 Å². The van der Waals surface area contributed by atoms with Crippen LogP contribution in [0.1, 0.15) is 46.1 Å². The van der Waals surface area contributed by atoms with Crippen molar-refractivity contribution in [2.24, 2.45) is 0 Å². The molecule has 1 fully saturated rings. The summed E-state index contributed by atoms with van der Waals surface area (Å²) < 4.78 is 0. The Kier molecular flexibility index (Phi) is 5.22. The zero-order chi connectivity index (χ0) is 14.6. The lowest BCUT2D eigenvalue weighted by molar-refractivity contribution is 0.0501. The Morgan fingerprint density at radius 2 is 1.90 bits per heavy atom. The van der Waals surface area contributed by atoms with Gasteiger partial charge in [-0.2, -0.15) is 0 Å². The fraction of sp³-hybridized carbons (Fsp3) is 0.667. The highest BCUT2D eigenvalue weighted by atomic mass is 15.3. The minimum Gasteiger partial charge on any atom is -0.308 e. The second-order valence-corrected chi connectivity index (χ2v) is 6.43. The van der Waals surface area contributed by atoms with Crippen LogP contribution in [0.3, 0.4) is 0 Å². The Labute approximate surface area is 124 Å². The molecule has 0 radical (unpaired) electrons. The van der Waals surface area contributed by atoms with Gasteiger partial charge in [-0.25, -0.2) is 0 Å². The number of benzene rings is 1. The van der Waals surface area contributed by atoms with Crippen LogP contribution in [0.5, 0.6) is 0 Å². The maximum absolute atomic E-state index is 3.79. The van der Waals surface area contributed by atoms with Crippen molar-refractivity contribution in [3.8, 4) is 0 Å². The standard InChI is InChI=1S/C18H30N2/c1-5-18(6-2)14-20(16(4)13-19-18)15(3)12-17-10-8-7-9-11-17/h7-11,15-16,19H,5-6,12-14H2,1-4H3. The van der Waals surface area contributed by atoms with Crippen molar-refractivity contribution in [1.82, 2.24) is 10.2 Å². The van der Waals surface area contributed by atoms with Crippen molar-refractivity contribution in [3.05, 3.63) is 35.9 Å². The van der Waals surface area contributed by atoms with E-state index in [-0.39, 0.29) is 0 Å². The molecule has 1 aromatic carbocycles. The summed E-state index contributed by atoms with van der Waals surface area (Å²) in [7, 11) is 0. The van der Waals surface area contributed by atoms with Crippen LogP contribution in [0.25, 0.3) is 0 Å². The molecular weight excluding hydrogens is 244 g/mol. The maximum Gasteiger partial charge on any atom is 0.0304 e. The van der Waals surface area contributed by atoms with Gasteiger partial charge in [0.15, 0.2) is 0 Å². The second kappa shape index (κ2) is 6.73. The van der Waals surface area contributed by atoms with E-state index >= 15 is 0 Å². The molecule has 1 aromatic rings. The van der Waals surface area contributed by atoms with Crippen molar-refractivity contribution in [2.45, 2.75) is 64.6 Å². The smallest absolute Gasteiger partial charge is 0.0304 e. The highest BCUT2D eigenvalue weighted by molar-refractivity contribution is 5.16. The quantitative estimate of drug-likeness (QED) is 0.884. The number of nitrogens with one attached hydrogen (secondary N) is 1. The van der Waals surface area contributed by atoms with Crippen LogP contribution in [-0.2, 0) is 6.42 Å². The molecule has 2 heteroatoms. The van der Waals surface area contributed by atoms with E-state index in [1.54, 1.807) is 0 Å². The summed E-state index contributed by atoms with van der Waals surface area (Å²) in [6.07, 6.45) is 3.57. The van der Waals surface area contributed by atoms with Gasteiger partial charge in [-0.3, -0.25) is 4.90 Å². The Morgan fingerprint density at radius 3 is 2.50 bits per heavy atom. The number of hydrogen-bond acceptors (Lipinski definition) is 2. The lowest BCUT2D eigenvalue weighted by Gasteiger charge is -2.49. The first kappa shape index (κ1) is 15.5. The van der Waals surface area contributed by atoms with E-state index in [9.17, 15) is 0 Å². The Bertz CT molecular complexity index is 397. The predicted octanol–water partition coefficient (Wildman–Crippen LogP) is 3.47. The molecule has 2 unspecified atom stereocenters. The van der Waals surface area contributed by atoms with E-state index in [2.05, 4.69) is 68.2 Å². The number of hydrogen-bond donors (Lipinski definition) is 1. The van der Waals surface area contributed by atoms with Crippen LogP contribution < -0.4 is 5.32 Å². The van der Waals surface area contributed by atoms with Crippen molar-refractivity contribution >= 4 is 0 Å². The van der Waals surface area contributed by atoms with Crippen molar-refractivity contribution in [2.75, 3.05) is 13.1 Å². The van der Waals surface area contributed by atoms with Gasteiger partial charge < -0.3 is 5.32 Å². The summed E-state index contributed by atoms with van der Waals surface area (Å²) in [6.45, 7) is 11.6. The molecule has 1 N–H and O–H groups in total. The molecule has 0 bridgehead atoms. The van der Waals surface area contributed by atoms with Crippen LogP contribution in [0.4, 0.5) is 0 Å². The molecule has 112 valence electrons. The van der Waals surface area contributed by atoms with Gasteiger partial charge >= 0.3 is 0 Å². The third kappa shape index (κ3) is 3.42. The van der Waals surface area contributed by atoms with Gasteiger partial charge in [0.1, 0.15) is 0 Å². The van der Waals surface area contributed by atoms with Crippen molar-refractivity contribution in [3.63, 3.8) is 0 Å². The highest BCUT2D eigenvalue weighted by Crippen LogP contribution is 2.25. The molecule has 1 aliphatic heterocycles. The average Bonchev–Trinajstić information content (AvgIpc) is 2.49. The van der Waals surface area contributed by atoms with E-state index in [0.717, 1.165) is 13.0 Å². The number of rotatable bonds is 5. The number of nitrogens with zero attached hydrogens (tertiary/aromatic N) is 1. The van der Waals surface area contributed by atoms with Crippen LogP contribution in [0, 0.1) is 0 Å². The van der Waals surface area contributed by atoms with Gasteiger partial charge in [0, 0.05) is 30.7 Å². The fourth-order valence-corrected chi connectivity index (χ4v) is 3.43. The summed E-state index contributed by atoms with van der Waals surface area (Å²) in [6, 6.07) is 12.1. The summed E-state index contributed by atoms with van der Waals surface area (Å²) in [5.41, 5.74) is 1.77. The van der Waals surface area contributed by atoms with Crippen molar-refractivity contribution in [1.29, 1.82) is 0 Å². The molecule has 1 saturated heterocycles. The third-order valence-electron chi connectivity index (χ3n) is 5.12. The monoisotopic (exact) mass is 274 g/mol. The molecule has 1 aliphatic rings. The van der Waals surface area contributed by atoms with E-state index in [1.807, 2.05) is 0 Å². The molecule has 2 atom stereocenters. The Morgan fingerprint density at radius 1 is 1.25 bits per heavy atom. The lowest BCUT2D eigenvalue weighted by atomic mass is 9.87. The molecule has 0 amide bonds. The zero-order valence-corrected chi connectivity index (χ0v) is 13.5. The molecule has 0 spiro atoms. The van der Waals surface area contributed by atoms with Gasteiger partial charge in [-0.05, 0) is 38.7 Å². The minimum atomic E-state index is 0.317. The zero-order valence-electron chi connectivity index (χ0n) is 13.5. The molecule has 1 heterocycles. The van der Waals surface area contributed by atoms with Gasteiger partial charge in [-0.15, -0.1) is 0 Å². The summed E-state index contributed by atoms with van der Waals surface area (Å²) in [5.74, 6) is 0. The normalized spacial score (nSPS) is 24.5. The summed E-state index contributed by atoms with van der Waals surface area (Å²) in [4.78, 5) is 2.70.